The first-order valence-electron chi connectivity index (χ1n) is 5.60. The Kier molecular flexibility index (Phi) is 3.75. The van der Waals surface area contributed by atoms with E-state index in [0.29, 0.717) is 11.3 Å². The quantitative estimate of drug-likeness (QED) is 0.867. The number of rotatable bonds is 5. The van der Waals surface area contributed by atoms with E-state index >= 15 is 0 Å². The van der Waals surface area contributed by atoms with Crippen LogP contribution in [0.1, 0.15) is 21.6 Å². The van der Waals surface area contributed by atoms with Gasteiger partial charge in [0.2, 0.25) is 10.0 Å². The second-order valence-corrected chi connectivity index (χ2v) is 5.88. The van der Waals surface area contributed by atoms with Crippen LogP contribution in [-0.4, -0.2) is 24.5 Å². The summed E-state index contributed by atoms with van der Waals surface area (Å²) in [5.74, 6) is -1.48. The van der Waals surface area contributed by atoms with Gasteiger partial charge in [0.25, 0.3) is 0 Å². The summed E-state index contributed by atoms with van der Waals surface area (Å²) < 4.78 is 30.9. The molecule has 2 rings (SSSR count). The highest BCUT2D eigenvalue weighted by molar-refractivity contribution is 7.91. The van der Waals surface area contributed by atoms with Crippen molar-refractivity contribution in [1.82, 2.24) is 4.98 Å². The zero-order valence-corrected chi connectivity index (χ0v) is 11.3. The number of nitrogens with one attached hydrogen (secondary N) is 1. The van der Waals surface area contributed by atoms with Gasteiger partial charge in [-0.25, -0.2) is 17.9 Å². The van der Waals surface area contributed by atoms with Crippen LogP contribution in [0.3, 0.4) is 0 Å². The lowest BCUT2D eigenvalue weighted by Crippen LogP contribution is -2.15. The number of aryl methyl sites for hydroxylation is 1. The first-order valence-corrected chi connectivity index (χ1v) is 7.26. The summed E-state index contributed by atoms with van der Waals surface area (Å²) >= 11 is 0. The number of oxazole rings is 1. The van der Waals surface area contributed by atoms with Crippen LogP contribution in [0.5, 0.6) is 0 Å². The number of benzene rings is 1. The summed E-state index contributed by atoms with van der Waals surface area (Å²) in [4.78, 5) is 14.7. The zero-order chi connectivity index (χ0) is 14.8. The number of anilines is 1. The van der Waals surface area contributed by atoms with Gasteiger partial charge in [-0.1, -0.05) is 12.1 Å². The summed E-state index contributed by atoms with van der Waals surface area (Å²) in [5, 5.41) is 8.86. The Bertz CT molecular complexity index is 736. The molecule has 0 amide bonds. The van der Waals surface area contributed by atoms with E-state index in [0.717, 1.165) is 0 Å². The topological polar surface area (TPSA) is 110 Å². The number of carboxylic acid groups (broad SMARTS) is 1. The maximum absolute atomic E-state index is 11.9. The molecule has 2 N–H and O–H groups in total. The molecular formula is C12H12N2O5S. The average Bonchev–Trinajstić information content (AvgIpc) is 2.73. The van der Waals surface area contributed by atoms with Crippen LogP contribution in [0.15, 0.2) is 34.9 Å². The fraction of sp³-hybridized carbons (Fsp3) is 0.167. The van der Waals surface area contributed by atoms with Crippen LogP contribution in [0.25, 0.3) is 0 Å². The van der Waals surface area contributed by atoms with Gasteiger partial charge in [-0.3, -0.25) is 0 Å². The molecule has 7 nitrogen and oxygen atoms in total. The van der Waals surface area contributed by atoms with Crippen LogP contribution < -0.4 is 4.72 Å². The summed E-state index contributed by atoms with van der Waals surface area (Å²) in [5.41, 5.74) is 0.945. The molecule has 8 heteroatoms. The number of hydrogen-bond acceptors (Lipinski definition) is 5. The molecule has 0 fully saturated rings. The highest BCUT2D eigenvalue weighted by Crippen LogP contribution is 2.13. The van der Waals surface area contributed by atoms with Crippen molar-refractivity contribution in [1.29, 1.82) is 0 Å². The van der Waals surface area contributed by atoms with Gasteiger partial charge in [-0.2, -0.15) is 4.98 Å². The second-order valence-electron chi connectivity index (χ2n) is 4.16. The van der Waals surface area contributed by atoms with Crippen molar-refractivity contribution in [3.05, 3.63) is 47.3 Å². The average molecular weight is 296 g/mol. The van der Waals surface area contributed by atoms with Crippen molar-refractivity contribution < 1.29 is 22.7 Å². The number of sulfonamides is 1. The predicted molar refractivity (Wildman–Crippen MR) is 70.9 cm³/mol. The van der Waals surface area contributed by atoms with Crippen LogP contribution in [0.2, 0.25) is 0 Å². The van der Waals surface area contributed by atoms with Crippen molar-refractivity contribution in [2.24, 2.45) is 0 Å². The zero-order valence-electron chi connectivity index (χ0n) is 10.5. The molecule has 106 valence electrons. The molecule has 20 heavy (non-hydrogen) atoms. The third kappa shape index (κ3) is 3.58. The lowest BCUT2D eigenvalue weighted by molar-refractivity contribution is 0.0696. The minimum absolute atomic E-state index is 0.0321. The van der Waals surface area contributed by atoms with Crippen molar-refractivity contribution in [2.45, 2.75) is 12.7 Å². The van der Waals surface area contributed by atoms with Crippen LogP contribution in [0, 0.1) is 6.92 Å². The molecule has 1 heterocycles. The van der Waals surface area contributed by atoms with Crippen LogP contribution >= 0.6 is 0 Å². The number of carboxylic acids is 1. The molecule has 0 aliphatic carbocycles. The van der Waals surface area contributed by atoms with Gasteiger partial charge in [0.15, 0.2) is 0 Å². The van der Waals surface area contributed by atoms with Gasteiger partial charge in [0.05, 0.1) is 17.0 Å². The van der Waals surface area contributed by atoms with Crippen molar-refractivity contribution in [2.75, 3.05) is 4.72 Å². The van der Waals surface area contributed by atoms with Crippen molar-refractivity contribution >= 4 is 22.0 Å². The van der Waals surface area contributed by atoms with E-state index in [1.54, 1.807) is 6.92 Å². The monoisotopic (exact) mass is 296 g/mol. The number of aromatic carboxylic acids is 1. The maximum Gasteiger partial charge on any atom is 0.335 e. The Balaban J connectivity index is 2.15. The Labute approximate surface area is 115 Å². The highest BCUT2D eigenvalue weighted by atomic mass is 32.2. The van der Waals surface area contributed by atoms with Crippen molar-refractivity contribution in [3.63, 3.8) is 0 Å². The predicted octanol–water partition coefficient (Wildman–Crippen LogP) is 1.62. The molecule has 1 aromatic carbocycles. The Hall–Kier alpha value is -2.35. The summed E-state index contributed by atoms with van der Waals surface area (Å²) in [6.45, 7) is 1.66. The Morgan fingerprint density at radius 1 is 1.45 bits per heavy atom. The summed E-state index contributed by atoms with van der Waals surface area (Å²) in [6.07, 6.45) is 1.32. The van der Waals surface area contributed by atoms with E-state index in [1.807, 2.05) is 0 Å². The lowest BCUT2D eigenvalue weighted by Gasteiger charge is -2.05. The summed E-state index contributed by atoms with van der Waals surface area (Å²) in [6, 6.07) is 5.61. The lowest BCUT2D eigenvalue weighted by atomic mass is 10.1. The number of nitrogens with zero attached hydrogens (tertiary/aromatic N) is 1. The molecule has 0 unspecified atom stereocenters. The third-order valence-electron chi connectivity index (χ3n) is 2.39. The summed E-state index contributed by atoms with van der Waals surface area (Å²) in [7, 11) is -3.72. The van der Waals surface area contributed by atoms with E-state index in [9.17, 15) is 13.2 Å². The minimum atomic E-state index is -3.72. The fourth-order valence-electron chi connectivity index (χ4n) is 1.58. The molecule has 0 aliphatic rings. The Morgan fingerprint density at radius 2 is 2.20 bits per heavy atom. The van der Waals surface area contributed by atoms with E-state index in [1.165, 1.54) is 30.5 Å². The minimum Gasteiger partial charge on any atom is -0.478 e. The van der Waals surface area contributed by atoms with Crippen LogP contribution in [-0.2, 0) is 15.8 Å². The SMILES string of the molecule is Cc1coc(NS(=O)(=O)Cc2cccc(C(=O)O)c2)n1. The van der Waals surface area contributed by atoms with Gasteiger partial charge in [-0.15, -0.1) is 0 Å². The first kappa shape index (κ1) is 14.1. The Morgan fingerprint density at radius 3 is 2.80 bits per heavy atom. The molecule has 0 aliphatic heterocycles. The number of hydrogen-bond donors (Lipinski definition) is 2. The standard InChI is InChI=1S/C12H12N2O5S/c1-8-6-19-12(13-8)14-20(17,18)7-9-3-2-4-10(5-9)11(15)16/h2-6H,7H2,1H3,(H,13,14)(H,15,16). The largest absolute Gasteiger partial charge is 0.478 e. The van der Waals surface area contributed by atoms with Crippen molar-refractivity contribution in [3.8, 4) is 0 Å². The van der Waals surface area contributed by atoms with Crippen LogP contribution in [0.4, 0.5) is 6.01 Å². The first-order chi connectivity index (χ1) is 9.35. The van der Waals surface area contributed by atoms with E-state index < -0.39 is 16.0 Å². The van der Waals surface area contributed by atoms with Gasteiger partial charge < -0.3 is 9.52 Å². The highest BCUT2D eigenvalue weighted by Gasteiger charge is 2.15. The number of carbonyl (C=O) groups is 1. The van der Waals surface area contributed by atoms with E-state index in [2.05, 4.69) is 9.71 Å². The molecule has 0 saturated carbocycles. The van der Waals surface area contributed by atoms with Gasteiger partial charge >= 0.3 is 12.0 Å². The second kappa shape index (κ2) is 5.33. The third-order valence-corrected chi connectivity index (χ3v) is 3.59. The maximum atomic E-state index is 11.9. The fourth-order valence-corrected chi connectivity index (χ4v) is 2.63. The molecule has 2 aromatic rings. The molecule has 0 radical (unpaired) electrons. The number of aromatic nitrogens is 1. The van der Waals surface area contributed by atoms with Gasteiger partial charge in [-0.05, 0) is 24.6 Å². The molecule has 0 atom stereocenters. The molecule has 0 saturated heterocycles. The smallest absolute Gasteiger partial charge is 0.335 e. The molecule has 0 spiro atoms. The van der Waals surface area contributed by atoms with E-state index in [-0.39, 0.29) is 17.3 Å². The van der Waals surface area contributed by atoms with Gasteiger partial charge in [0.1, 0.15) is 6.26 Å². The van der Waals surface area contributed by atoms with Gasteiger partial charge in [0, 0.05) is 0 Å². The van der Waals surface area contributed by atoms with E-state index in [4.69, 9.17) is 9.52 Å². The molecule has 1 aromatic heterocycles. The normalized spacial score (nSPS) is 11.2. The molecule has 0 bridgehead atoms. The molecular weight excluding hydrogens is 284 g/mol.